The predicted octanol–water partition coefficient (Wildman–Crippen LogP) is 9.87. The Bertz CT molecular complexity index is 2040. The van der Waals surface area contributed by atoms with Gasteiger partial charge in [0.15, 0.2) is 0 Å². The summed E-state index contributed by atoms with van der Waals surface area (Å²) in [6.45, 7) is -0.0607. The molecule has 1 aliphatic heterocycles. The highest BCUT2D eigenvalue weighted by molar-refractivity contribution is 9.10. The van der Waals surface area contributed by atoms with Gasteiger partial charge in [-0.05, 0) is 75.6 Å². The van der Waals surface area contributed by atoms with Gasteiger partial charge in [0, 0.05) is 27.6 Å². The summed E-state index contributed by atoms with van der Waals surface area (Å²) in [5.74, 6) is 1.71. The van der Waals surface area contributed by atoms with E-state index in [0.29, 0.717) is 0 Å². The standard InChI is InChI=1S/C42H29BBrNO/c44-32-24-26-38-40(28-32)46-41-29-35(45(33-18-9-3-10-19-33)34-20-11-4-12-21-34)25-27-39(41)43(38)42-36(30-14-5-1-6-15-30)22-13-23-37(42)31-16-7-2-8-17-31/h1-29H. The molecule has 0 saturated heterocycles. The first-order valence-corrected chi connectivity index (χ1v) is 16.3. The van der Waals surface area contributed by atoms with E-state index >= 15 is 0 Å². The third kappa shape index (κ3) is 5.21. The lowest BCUT2D eigenvalue weighted by atomic mass is 9.34. The average Bonchev–Trinajstić information content (AvgIpc) is 3.12. The largest absolute Gasteiger partial charge is 0.458 e. The molecule has 8 rings (SSSR count). The Kier molecular flexibility index (Phi) is 7.49. The number of benzene rings is 7. The van der Waals surface area contributed by atoms with E-state index in [-0.39, 0.29) is 6.71 Å². The highest BCUT2D eigenvalue weighted by atomic mass is 79.9. The molecule has 0 aromatic heterocycles. The minimum absolute atomic E-state index is 0.0607. The molecule has 1 aliphatic rings. The summed E-state index contributed by atoms with van der Waals surface area (Å²) < 4.78 is 7.79. The maximum absolute atomic E-state index is 6.81. The lowest BCUT2D eigenvalue weighted by Gasteiger charge is -2.32. The topological polar surface area (TPSA) is 12.5 Å². The minimum atomic E-state index is -0.0607. The maximum Gasteiger partial charge on any atom is 0.252 e. The molecule has 0 bridgehead atoms. The van der Waals surface area contributed by atoms with E-state index in [9.17, 15) is 0 Å². The highest BCUT2D eigenvalue weighted by Gasteiger charge is 2.36. The number of ether oxygens (including phenoxy) is 1. The number of nitrogens with zero attached hydrogens (tertiary/aromatic N) is 1. The van der Waals surface area contributed by atoms with Gasteiger partial charge in [-0.25, -0.2) is 0 Å². The molecule has 218 valence electrons. The molecule has 1 heterocycles. The van der Waals surface area contributed by atoms with Crippen molar-refractivity contribution in [3.8, 4) is 33.8 Å². The molecule has 0 saturated carbocycles. The average molecular weight is 654 g/mol. The van der Waals surface area contributed by atoms with Crippen LogP contribution in [0.15, 0.2) is 180 Å². The summed E-state index contributed by atoms with van der Waals surface area (Å²) in [6.07, 6.45) is 0. The number of fused-ring (bicyclic) bond motifs is 2. The molecule has 7 aromatic carbocycles. The SMILES string of the molecule is Brc1ccc2c(c1)Oc1cc(N(c3ccccc3)c3ccccc3)ccc1B2c1c(-c2ccccc2)cccc1-c1ccccc1. The van der Waals surface area contributed by atoms with Gasteiger partial charge in [-0.2, -0.15) is 0 Å². The van der Waals surface area contributed by atoms with Gasteiger partial charge in [0.2, 0.25) is 0 Å². The van der Waals surface area contributed by atoms with Crippen molar-refractivity contribution < 1.29 is 4.74 Å². The molecule has 0 amide bonds. The van der Waals surface area contributed by atoms with Gasteiger partial charge in [-0.1, -0.05) is 149 Å². The monoisotopic (exact) mass is 653 g/mol. The molecule has 0 N–H and O–H groups in total. The Balaban J connectivity index is 1.38. The van der Waals surface area contributed by atoms with Gasteiger partial charge in [-0.15, -0.1) is 0 Å². The molecule has 2 nitrogen and oxygen atoms in total. The van der Waals surface area contributed by atoms with Crippen LogP contribution in [0.4, 0.5) is 17.1 Å². The predicted molar refractivity (Wildman–Crippen MR) is 197 cm³/mol. The van der Waals surface area contributed by atoms with Crippen molar-refractivity contribution in [3.63, 3.8) is 0 Å². The van der Waals surface area contributed by atoms with Crippen molar-refractivity contribution in [1.29, 1.82) is 0 Å². The highest BCUT2D eigenvalue weighted by Crippen LogP contribution is 2.38. The van der Waals surface area contributed by atoms with Gasteiger partial charge in [0.1, 0.15) is 11.5 Å². The van der Waals surface area contributed by atoms with Crippen molar-refractivity contribution in [2.75, 3.05) is 4.90 Å². The number of rotatable bonds is 6. The molecule has 0 atom stereocenters. The molecular formula is C42H29BBrNO. The third-order valence-corrected chi connectivity index (χ3v) is 9.16. The zero-order valence-electron chi connectivity index (χ0n) is 25.1. The lowest BCUT2D eigenvalue weighted by Crippen LogP contribution is -2.56. The third-order valence-electron chi connectivity index (χ3n) is 8.67. The normalized spacial score (nSPS) is 11.7. The van der Waals surface area contributed by atoms with E-state index < -0.39 is 0 Å². The zero-order chi connectivity index (χ0) is 30.9. The quantitative estimate of drug-likeness (QED) is 0.166. The Morgan fingerprint density at radius 1 is 0.435 bits per heavy atom. The molecule has 7 aromatic rings. The number of hydrogen-bond acceptors (Lipinski definition) is 2. The van der Waals surface area contributed by atoms with Crippen LogP contribution in [-0.2, 0) is 0 Å². The first kappa shape index (κ1) is 28.2. The first-order chi connectivity index (χ1) is 22.7. The van der Waals surface area contributed by atoms with Crippen molar-refractivity contribution in [3.05, 3.63) is 180 Å². The number of halogens is 1. The Labute approximate surface area is 278 Å². The summed E-state index contributed by atoms with van der Waals surface area (Å²) >= 11 is 3.72. The van der Waals surface area contributed by atoms with Crippen LogP contribution < -0.4 is 26.0 Å². The number of para-hydroxylation sites is 2. The van der Waals surface area contributed by atoms with Crippen LogP contribution in [0.3, 0.4) is 0 Å². The van der Waals surface area contributed by atoms with Crippen LogP contribution in [0.5, 0.6) is 11.5 Å². The fraction of sp³-hybridized carbons (Fsp3) is 0. The van der Waals surface area contributed by atoms with Gasteiger partial charge in [-0.3, -0.25) is 0 Å². The second-order valence-electron chi connectivity index (χ2n) is 11.4. The summed E-state index contributed by atoms with van der Waals surface area (Å²) in [6, 6.07) is 62.2. The van der Waals surface area contributed by atoms with Crippen LogP contribution in [-0.4, -0.2) is 6.71 Å². The molecule has 0 fully saturated rings. The summed E-state index contributed by atoms with van der Waals surface area (Å²) in [5.41, 5.74) is 11.6. The number of hydrogen-bond donors (Lipinski definition) is 0. The molecule has 0 spiro atoms. The molecule has 0 aliphatic carbocycles. The lowest BCUT2D eigenvalue weighted by molar-refractivity contribution is 0.487. The van der Waals surface area contributed by atoms with E-state index in [2.05, 4.69) is 197 Å². The van der Waals surface area contributed by atoms with Crippen molar-refractivity contribution >= 4 is 56.1 Å². The Morgan fingerprint density at radius 2 is 0.913 bits per heavy atom. The van der Waals surface area contributed by atoms with Crippen LogP contribution >= 0.6 is 15.9 Å². The van der Waals surface area contributed by atoms with E-state index in [0.717, 1.165) is 44.0 Å². The van der Waals surface area contributed by atoms with E-state index in [1.165, 1.54) is 27.7 Å². The van der Waals surface area contributed by atoms with Gasteiger partial charge >= 0.3 is 0 Å². The molecule has 46 heavy (non-hydrogen) atoms. The Hall–Kier alpha value is -5.32. The smallest absolute Gasteiger partial charge is 0.252 e. The molecule has 0 unspecified atom stereocenters. The van der Waals surface area contributed by atoms with Crippen LogP contribution in [0.2, 0.25) is 0 Å². The van der Waals surface area contributed by atoms with Crippen molar-refractivity contribution in [2.45, 2.75) is 0 Å². The van der Waals surface area contributed by atoms with Gasteiger partial charge < -0.3 is 9.64 Å². The molecule has 4 heteroatoms. The molecular weight excluding hydrogens is 625 g/mol. The van der Waals surface area contributed by atoms with Crippen LogP contribution in [0, 0.1) is 0 Å². The van der Waals surface area contributed by atoms with E-state index in [4.69, 9.17) is 4.74 Å². The maximum atomic E-state index is 6.81. The van der Waals surface area contributed by atoms with Crippen molar-refractivity contribution in [1.82, 2.24) is 0 Å². The van der Waals surface area contributed by atoms with Gasteiger partial charge in [0.05, 0.1) is 0 Å². The molecule has 0 radical (unpaired) electrons. The minimum Gasteiger partial charge on any atom is -0.458 e. The fourth-order valence-corrected chi connectivity index (χ4v) is 6.98. The second kappa shape index (κ2) is 12.2. The van der Waals surface area contributed by atoms with Crippen LogP contribution in [0.1, 0.15) is 0 Å². The number of anilines is 3. The zero-order valence-corrected chi connectivity index (χ0v) is 26.6. The van der Waals surface area contributed by atoms with Gasteiger partial charge in [0.25, 0.3) is 6.71 Å². The summed E-state index contributed by atoms with van der Waals surface area (Å²) in [4.78, 5) is 2.28. The first-order valence-electron chi connectivity index (χ1n) is 15.5. The Morgan fingerprint density at radius 3 is 1.46 bits per heavy atom. The fourth-order valence-electron chi connectivity index (χ4n) is 6.64. The van der Waals surface area contributed by atoms with E-state index in [1.807, 2.05) is 0 Å². The van der Waals surface area contributed by atoms with Crippen molar-refractivity contribution in [2.24, 2.45) is 0 Å². The summed E-state index contributed by atoms with van der Waals surface area (Å²) in [7, 11) is 0. The van der Waals surface area contributed by atoms with Crippen LogP contribution in [0.25, 0.3) is 22.3 Å². The summed E-state index contributed by atoms with van der Waals surface area (Å²) in [5, 5.41) is 0. The van der Waals surface area contributed by atoms with E-state index in [1.54, 1.807) is 0 Å². The second-order valence-corrected chi connectivity index (χ2v) is 12.4.